The van der Waals surface area contributed by atoms with Gasteiger partial charge in [-0.1, -0.05) is 60.7 Å². The predicted octanol–water partition coefficient (Wildman–Crippen LogP) is 3.91. The monoisotopic (exact) mass is 404 g/mol. The summed E-state index contributed by atoms with van der Waals surface area (Å²) in [7, 11) is 3.56. The second-order valence-electron chi connectivity index (χ2n) is 7.08. The van der Waals surface area contributed by atoms with Gasteiger partial charge in [-0.15, -0.1) is 0 Å². The van der Waals surface area contributed by atoms with Crippen LogP contribution in [-0.2, 0) is 4.79 Å². The first-order chi connectivity index (χ1) is 14.7. The smallest absolute Gasteiger partial charge is 0.234 e. The molecule has 156 valence electrons. The molecule has 0 bridgehead atoms. The van der Waals surface area contributed by atoms with Crippen molar-refractivity contribution in [1.82, 2.24) is 10.2 Å². The highest BCUT2D eigenvalue weighted by atomic mass is 16.5. The molecule has 3 rings (SSSR count). The number of hydrogen-bond acceptors (Lipinski definition) is 4. The van der Waals surface area contributed by atoms with Crippen molar-refractivity contribution in [1.29, 1.82) is 0 Å². The molecule has 0 aliphatic heterocycles. The minimum atomic E-state index is -0.224. The van der Waals surface area contributed by atoms with Crippen LogP contribution in [0.15, 0.2) is 84.9 Å². The maximum atomic E-state index is 12.7. The van der Waals surface area contributed by atoms with E-state index in [1.165, 1.54) is 0 Å². The zero-order valence-electron chi connectivity index (χ0n) is 17.5. The summed E-state index contributed by atoms with van der Waals surface area (Å²) in [5.41, 5.74) is 2.04. The van der Waals surface area contributed by atoms with E-state index < -0.39 is 0 Å². The number of amides is 1. The van der Waals surface area contributed by atoms with Gasteiger partial charge in [0.05, 0.1) is 19.7 Å². The fourth-order valence-corrected chi connectivity index (χ4v) is 3.17. The van der Waals surface area contributed by atoms with Crippen LogP contribution in [0.1, 0.15) is 17.2 Å². The van der Waals surface area contributed by atoms with Gasteiger partial charge in [-0.05, 0) is 42.4 Å². The van der Waals surface area contributed by atoms with Crippen LogP contribution in [0.4, 0.5) is 0 Å². The van der Waals surface area contributed by atoms with E-state index >= 15 is 0 Å². The summed E-state index contributed by atoms with van der Waals surface area (Å²) in [5, 5.41) is 3.16. The largest absolute Gasteiger partial charge is 0.497 e. The van der Waals surface area contributed by atoms with Crippen LogP contribution in [0, 0.1) is 0 Å². The highest BCUT2D eigenvalue weighted by Gasteiger charge is 2.18. The zero-order chi connectivity index (χ0) is 21.2. The van der Waals surface area contributed by atoms with Crippen molar-refractivity contribution in [2.75, 3.05) is 33.9 Å². The molecule has 0 spiro atoms. The normalized spacial score (nSPS) is 11.7. The number of carbonyl (C=O) groups is 1. The highest BCUT2D eigenvalue weighted by molar-refractivity contribution is 5.79. The maximum absolute atomic E-state index is 12.7. The minimum absolute atomic E-state index is 0.0399. The Kier molecular flexibility index (Phi) is 7.86. The molecule has 5 heteroatoms. The number of hydrogen-bond donors (Lipinski definition) is 1. The summed E-state index contributed by atoms with van der Waals surface area (Å²) in [5.74, 6) is 1.58. The Bertz CT molecular complexity index is 899. The Hall–Kier alpha value is -3.31. The Morgan fingerprint density at radius 2 is 1.47 bits per heavy atom. The SMILES string of the molecule is COc1ccc([C@H](NC(=O)CN(C)CCOc2ccccc2)c2ccccc2)cc1. The van der Waals surface area contributed by atoms with Crippen molar-refractivity contribution in [3.05, 3.63) is 96.1 Å². The lowest BCUT2D eigenvalue weighted by Gasteiger charge is -2.22. The van der Waals surface area contributed by atoms with Crippen molar-refractivity contribution in [3.8, 4) is 11.5 Å². The first kappa shape index (κ1) is 21.4. The van der Waals surface area contributed by atoms with Crippen LogP contribution < -0.4 is 14.8 Å². The van der Waals surface area contributed by atoms with Crippen molar-refractivity contribution >= 4 is 5.91 Å². The molecule has 0 radical (unpaired) electrons. The lowest BCUT2D eigenvalue weighted by molar-refractivity contribution is -0.122. The molecule has 1 N–H and O–H groups in total. The quantitative estimate of drug-likeness (QED) is 0.557. The second kappa shape index (κ2) is 11.0. The van der Waals surface area contributed by atoms with E-state index in [1.54, 1.807) is 7.11 Å². The van der Waals surface area contributed by atoms with Gasteiger partial charge in [0.15, 0.2) is 0 Å². The lowest BCUT2D eigenvalue weighted by Crippen LogP contribution is -2.39. The predicted molar refractivity (Wildman–Crippen MR) is 119 cm³/mol. The molecule has 3 aromatic rings. The van der Waals surface area contributed by atoms with E-state index in [4.69, 9.17) is 9.47 Å². The Morgan fingerprint density at radius 1 is 0.867 bits per heavy atom. The number of rotatable bonds is 10. The molecule has 1 atom stereocenters. The summed E-state index contributed by atoms with van der Waals surface area (Å²) < 4.78 is 11.0. The van der Waals surface area contributed by atoms with Gasteiger partial charge in [-0.25, -0.2) is 0 Å². The summed E-state index contributed by atoms with van der Waals surface area (Å²) >= 11 is 0. The van der Waals surface area contributed by atoms with E-state index in [-0.39, 0.29) is 18.5 Å². The molecule has 0 saturated carbocycles. The van der Waals surface area contributed by atoms with Crippen LogP contribution in [0.3, 0.4) is 0 Å². The Labute approximate surface area is 178 Å². The van der Waals surface area contributed by atoms with Gasteiger partial charge in [0.2, 0.25) is 5.91 Å². The molecule has 30 heavy (non-hydrogen) atoms. The Balaban J connectivity index is 1.58. The van der Waals surface area contributed by atoms with Crippen molar-refractivity contribution in [2.45, 2.75) is 6.04 Å². The number of para-hydroxylation sites is 1. The molecular weight excluding hydrogens is 376 g/mol. The van der Waals surface area contributed by atoms with Gasteiger partial charge in [0.25, 0.3) is 0 Å². The molecule has 0 aromatic heterocycles. The third-order valence-electron chi connectivity index (χ3n) is 4.79. The molecule has 0 heterocycles. The average Bonchev–Trinajstić information content (AvgIpc) is 2.79. The summed E-state index contributed by atoms with van der Waals surface area (Å²) in [6.45, 7) is 1.47. The van der Waals surface area contributed by atoms with Crippen LogP contribution in [0.2, 0.25) is 0 Å². The lowest BCUT2D eigenvalue weighted by atomic mass is 9.98. The summed E-state index contributed by atoms with van der Waals surface area (Å²) in [6, 6.07) is 27.2. The molecule has 0 unspecified atom stereocenters. The van der Waals surface area contributed by atoms with Gasteiger partial charge in [-0.3, -0.25) is 9.69 Å². The molecule has 1 amide bonds. The highest BCUT2D eigenvalue weighted by Crippen LogP contribution is 2.24. The van der Waals surface area contributed by atoms with Gasteiger partial charge >= 0.3 is 0 Å². The van der Waals surface area contributed by atoms with Gasteiger partial charge in [0, 0.05) is 6.54 Å². The number of carbonyl (C=O) groups excluding carboxylic acids is 1. The number of benzene rings is 3. The van der Waals surface area contributed by atoms with Crippen molar-refractivity contribution in [3.63, 3.8) is 0 Å². The van der Waals surface area contributed by atoms with E-state index in [2.05, 4.69) is 5.32 Å². The van der Waals surface area contributed by atoms with Crippen LogP contribution in [-0.4, -0.2) is 44.7 Å². The van der Waals surface area contributed by atoms with Crippen LogP contribution in [0.5, 0.6) is 11.5 Å². The number of likely N-dealkylation sites (N-methyl/N-ethyl adjacent to an activating group) is 1. The number of nitrogens with one attached hydrogen (secondary N) is 1. The fourth-order valence-electron chi connectivity index (χ4n) is 3.17. The minimum Gasteiger partial charge on any atom is -0.497 e. The second-order valence-corrected chi connectivity index (χ2v) is 7.08. The van der Waals surface area contributed by atoms with Gasteiger partial charge in [-0.2, -0.15) is 0 Å². The molecule has 0 aliphatic rings. The van der Waals surface area contributed by atoms with E-state index in [1.807, 2.05) is 96.9 Å². The number of ether oxygens (including phenoxy) is 2. The number of nitrogens with zero attached hydrogens (tertiary/aromatic N) is 1. The summed E-state index contributed by atoms with van der Waals surface area (Å²) in [4.78, 5) is 14.7. The third-order valence-corrected chi connectivity index (χ3v) is 4.79. The molecular formula is C25H28N2O3. The molecule has 3 aromatic carbocycles. The molecule has 0 saturated heterocycles. The average molecular weight is 405 g/mol. The van der Waals surface area contributed by atoms with E-state index in [0.29, 0.717) is 13.2 Å². The maximum Gasteiger partial charge on any atom is 0.234 e. The Morgan fingerprint density at radius 3 is 2.10 bits per heavy atom. The first-order valence-corrected chi connectivity index (χ1v) is 10.0. The van der Waals surface area contributed by atoms with Crippen molar-refractivity contribution < 1.29 is 14.3 Å². The van der Waals surface area contributed by atoms with Crippen LogP contribution >= 0.6 is 0 Å². The number of methoxy groups -OCH3 is 1. The van der Waals surface area contributed by atoms with Crippen LogP contribution in [0.25, 0.3) is 0 Å². The zero-order valence-corrected chi connectivity index (χ0v) is 17.5. The van der Waals surface area contributed by atoms with E-state index in [9.17, 15) is 4.79 Å². The standard InChI is InChI=1S/C25H28N2O3/c1-27(17-18-30-23-11-7-4-8-12-23)19-24(28)26-25(20-9-5-3-6-10-20)21-13-15-22(29-2)16-14-21/h3-16,25H,17-19H2,1-2H3,(H,26,28)/t25-/m1/s1. The summed E-state index contributed by atoms with van der Waals surface area (Å²) in [6.07, 6.45) is 0. The molecule has 5 nitrogen and oxygen atoms in total. The van der Waals surface area contributed by atoms with Gasteiger partial charge in [0.1, 0.15) is 18.1 Å². The molecule has 0 fully saturated rings. The topological polar surface area (TPSA) is 50.8 Å². The van der Waals surface area contributed by atoms with Crippen molar-refractivity contribution in [2.24, 2.45) is 0 Å². The first-order valence-electron chi connectivity index (χ1n) is 10.0. The molecule has 0 aliphatic carbocycles. The van der Waals surface area contributed by atoms with Gasteiger partial charge < -0.3 is 14.8 Å². The van der Waals surface area contributed by atoms with E-state index in [0.717, 1.165) is 22.6 Å². The third kappa shape index (κ3) is 6.36. The fraction of sp³-hybridized carbons (Fsp3) is 0.240.